The SMILES string of the molecule is CC(C)C(=O)N1CCN(c2ccccc2NC(=S)NC(=O)/C=C/c2ccc(-c3cc(Cl)cc(Cl)c3)o2)CC1. The number of hydrogen-bond acceptors (Lipinski definition) is 5. The molecule has 0 spiro atoms. The molecular weight excluding hydrogens is 543 g/mol. The molecule has 2 N–H and O–H groups in total. The van der Waals surface area contributed by atoms with Crippen LogP contribution in [0.15, 0.2) is 65.1 Å². The molecule has 2 aromatic carbocycles. The van der Waals surface area contributed by atoms with Crippen molar-refractivity contribution >= 4 is 69.8 Å². The lowest BCUT2D eigenvalue weighted by Crippen LogP contribution is -2.50. The largest absolute Gasteiger partial charge is 0.457 e. The smallest absolute Gasteiger partial charge is 0.250 e. The van der Waals surface area contributed by atoms with Gasteiger partial charge in [0.25, 0.3) is 0 Å². The number of carbonyl (C=O) groups is 2. The molecule has 3 aromatic rings. The van der Waals surface area contributed by atoms with Crippen LogP contribution in [0.1, 0.15) is 19.6 Å². The van der Waals surface area contributed by atoms with Crippen molar-refractivity contribution in [3.05, 3.63) is 76.5 Å². The van der Waals surface area contributed by atoms with Crippen molar-refractivity contribution in [1.82, 2.24) is 10.2 Å². The van der Waals surface area contributed by atoms with Crippen LogP contribution in [0.5, 0.6) is 0 Å². The number of anilines is 2. The number of hydrogen-bond donors (Lipinski definition) is 2. The Bertz CT molecular complexity index is 1340. The second-order valence-electron chi connectivity index (χ2n) is 9.12. The van der Waals surface area contributed by atoms with Crippen LogP contribution in [0.3, 0.4) is 0 Å². The van der Waals surface area contributed by atoms with Gasteiger partial charge in [-0.25, -0.2) is 0 Å². The fourth-order valence-electron chi connectivity index (χ4n) is 4.15. The minimum atomic E-state index is -0.399. The zero-order valence-electron chi connectivity index (χ0n) is 21.0. The van der Waals surface area contributed by atoms with Gasteiger partial charge in [0.15, 0.2) is 5.11 Å². The van der Waals surface area contributed by atoms with E-state index in [0.29, 0.717) is 47.7 Å². The highest BCUT2D eigenvalue weighted by Gasteiger charge is 2.24. The summed E-state index contributed by atoms with van der Waals surface area (Å²) in [6.07, 6.45) is 2.90. The molecule has 2 amide bonds. The van der Waals surface area contributed by atoms with Gasteiger partial charge in [-0.2, -0.15) is 0 Å². The predicted octanol–water partition coefficient (Wildman–Crippen LogP) is 6.08. The van der Waals surface area contributed by atoms with Crippen molar-refractivity contribution in [2.45, 2.75) is 13.8 Å². The summed E-state index contributed by atoms with van der Waals surface area (Å²) in [5.74, 6) is 0.836. The van der Waals surface area contributed by atoms with E-state index in [9.17, 15) is 9.59 Å². The van der Waals surface area contributed by atoms with Crippen LogP contribution < -0.4 is 15.5 Å². The first-order chi connectivity index (χ1) is 18.2. The van der Waals surface area contributed by atoms with Gasteiger partial charge in [-0.3, -0.25) is 14.9 Å². The summed E-state index contributed by atoms with van der Waals surface area (Å²) in [6.45, 7) is 6.59. The summed E-state index contributed by atoms with van der Waals surface area (Å²) >= 11 is 17.5. The summed E-state index contributed by atoms with van der Waals surface area (Å²) in [5, 5.41) is 6.97. The molecule has 7 nitrogen and oxygen atoms in total. The number of carbonyl (C=O) groups excluding carboxylic acids is 2. The van der Waals surface area contributed by atoms with Gasteiger partial charge in [0.2, 0.25) is 11.8 Å². The van der Waals surface area contributed by atoms with Crippen LogP contribution in [-0.4, -0.2) is 48.0 Å². The molecule has 10 heteroatoms. The predicted molar refractivity (Wildman–Crippen MR) is 158 cm³/mol. The number of rotatable bonds is 6. The van der Waals surface area contributed by atoms with Crippen LogP contribution in [0.2, 0.25) is 10.0 Å². The first-order valence-corrected chi connectivity index (χ1v) is 13.3. The summed E-state index contributed by atoms with van der Waals surface area (Å²) in [7, 11) is 0. The van der Waals surface area contributed by atoms with Crippen molar-refractivity contribution in [2.24, 2.45) is 5.92 Å². The molecule has 1 aliphatic heterocycles. The third-order valence-electron chi connectivity index (χ3n) is 5.99. The molecule has 1 saturated heterocycles. The van der Waals surface area contributed by atoms with Crippen molar-refractivity contribution in [3.63, 3.8) is 0 Å². The van der Waals surface area contributed by atoms with Gasteiger partial charge in [0.1, 0.15) is 11.5 Å². The van der Waals surface area contributed by atoms with Crippen LogP contribution in [0, 0.1) is 5.92 Å². The Kier molecular flexibility index (Phi) is 9.09. The molecule has 0 aliphatic carbocycles. The number of benzene rings is 2. The average molecular weight is 572 g/mol. The summed E-state index contributed by atoms with van der Waals surface area (Å²) in [6, 6.07) is 16.4. The number of nitrogens with one attached hydrogen (secondary N) is 2. The summed E-state index contributed by atoms with van der Waals surface area (Å²) < 4.78 is 5.79. The van der Waals surface area contributed by atoms with E-state index in [4.69, 9.17) is 39.8 Å². The van der Waals surface area contributed by atoms with Crippen LogP contribution in [-0.2, 0) is 9.59 Å². The molecule has 0 radical (unpaired) electrons. The van der Waals surface area contributed by atoms with Crippen LogP contribution in [0.4, 0.5) is 11.4 Å². The molecule has 38 heavy (non-hydrogen) atoms. The normalized spacial score (nSPS) is 13.7. The van der Waals surface area contributed by atoms with Crippen molar-refractivity contribution in [3.8, 4) is 11.3 Å². The van der Waals surface area contributed by atoms with Gasteiger partial charge in [0, 0.05) is 53.8 Å². The highest BCUT2D eigenvalue weighted by Crippen LogP contribution is 2.29. The van der Waals surface area contributed by atoms with E-state index in [0.717, 1.165) is 16.9 Å². The topological polar surface area (TPSA) is 77.8 Å². The zero-order chi connectivity index (χ0) is 27.2. The molecule has 1 fully saturated rings. The van der Waals surface area contributed by atoms with Crippen molar-refractivity contribution in [2.75, 3.05) is 36.4 Å². The second kappa shape index (κ2) is 12.5. The standard InChI is InChI=1S/C28H28Cl2N4O3S/c1-18(2)27(36)34-13-11-33(12-14-34)24-6-4-3-5-23(24)31-28(38)32-26(35)10-8-22-7-9-25(37-22)19-15-20(29)17-21(30)16-19/h3-10,15-18H,11-14H2,1-2H3,(H2,31,32,35,38)/b10-8+. The third-order valence-corrected chi connectivity index (χ3v) is 6.63. The van der Waals surface area contributed by atoms with E-state index in [2.05, 4.69) is 15.5 Å². The Balaban J connectivity index is 1.33. The molecule has 0 bridgehead atoms. The minimum absolute atomic E-state index is 0.0116. The fourth-order valence-corrected chi connectivity index (χ4v) is 4.88. The highest BCUT2D eigenvalue weighted by atomic mass is 35.5. The van der Waals surface area contributed by atoms with Gasteiger partial charge in [-0.05, 0) is 60.8 Å². The number of nitrogens with zero attached hydrogens (tertiary/aromatic N) is 2. The lowest BCUT2D eigenvalue weighted by Gasteiger charge is -2.37. The van der Waals surface area contributed by atoms with Gasteiger partial charge in [-0.15, -0.1) is 0 Å². The van der Waals surface area contributed by atoms with E-state index in [-0.39, 0.29) is 16.9 Å². The molecule has 2 heterocycles. The van der Waals surface area contributed by atoms with Gasteiger partial charge in [-0.1, -0.05) is 49.2 Å². The Morgan fingerprint density at radius 3 is 2.37 bits per heavy atom. The van der Waals surface area contributed by atoms with Gasteiger partial charge < -0.3 is 19.5 Å². The van der Waals surface area contributed by atoms with E-state index in [1.807, 2.05) is 43.0 Å². The zero-order valence-corrected chi connectivity index (χ0v) is 23.4. The Labute approximate surface area is 237 Å². The molecule has 0 saturated carbocycles. The molecule has 4 rings (SSSR count). The van der Waals surface area contributed by atoms with Gasteiger partial charge >= 0.3 is 0 Å². The molecule has 1 aliphatic rings. The van der Waals surface area contributed by atoms with Crippen molar-refractivity contribution < 1.29 is 14.0 Å². The third kappa shape index (κ3) is 7.16. The number of piperazine rings is 1. The Morgan fingerprint density at radius 2 is 1.68 bits per heavy atom. The van der Waals surface area contributed by atoms with E-state index >= 15 is 0 Å². The van der Waals surface area contributed by atoms with Crippen molar-refractivity contribution in [1.29, 1.82) is 0 Å². The molecular formula is C28H28Cl2N4O3S. The average Bonchev–Trinajstić information content (AvgIpc) is 3.36. The Hall–Kier alpha value is -3.33. The molecule has 1 aromatic heterocycles. The fraction of sp³-hybridized carbons (Fsp3) is 0.250. The van der Waals surface area contributed by atoms with Crippen LogP contribution >= 0.6 is 35.4 Å². The van der Waals surface area contributed by atoms with E-state index in [1.165, 1.54) is 6.08 Å². The number of para-hydroxylation sites is 2. The van der Waals surface area contributed by atoms with Gasteiger partial charge in [0.05, 0.1) is 11.4 Å². The van der Waals surface area contributed by atoms with E-state index in [1.54, 1.807) is 36.4 Å². The first kappa shape index (κ1) is 27.7. The number of furan rings is 1. The summed E-state index contributed by atoms with van der Waals surface area (Å²) in [5.41, 5.74) is 2.48. The first-order valence-electron chi connectivity index (χ1n) is 12.2. The highest BCUT2D eigenvalue weighted by molar-refractivity contribution is 7.80. The molecule has 198 valence electrons. The monoisotopic (exact) mass is 570 g/mol. The lowest BCUT2D eigenvalue weighted by atomic mass is 10.1. The van der Waals surface area contributed by atoms with E-state index < -0.39 is 5.91 Å². The minimum Gasteiger partial charge on any atom is -0.457 e. The number of thiocarbonyl (C=S) groups is 1. The summed E-state index contributed by atoms with van der Waals surface area (Å²) in [4.78, 5) is 28.9. The maximum atomic E-state index is 12.5. The van der Waals surface area contributed by atoms with Crippen LogP contribution in [0.25, 0.3) is 17.4 Å². The quantitative estimate of drug-likeness (QED) is 0.276. The molecule has 0 unspecified atom stereocenters. The maximum absolute atomic E-state index is 12.5. The lowest BCUT2D eigenvalue weighted by molar-refractivity contribution is -0.134. The second-order valence-corrected chi connectivity index (χ2v) is 10.4. The molecule has 0 atom stereocenters. The maximum Gasteiger partial charge on any atom is 0.250 e. The number of halogens is 2. The Morgan fingerprint density at radius 1 is 1.00 bits per heavy atom. The number of amides is 2.